The molecule has 7 heteroatoms. The van der Waals surface area contributed by atoms with E-state index in [4.69, 9.17) is 4.99 Å². The highest BCUT2D eigenvalue weighted by Crippen LogP contribution is 2.36. The second kappa shape index (κ2) is 8.10. The number of hydrogen-bond acceptors (Lipinski definition) is 3. The molecule has 2 fully saturated rings. The van der Waals surface area contributed by atoms with E-state index in [1.807, 2.05) is 12.4 Å². The molecule has 3 heterocycles. The first-order valence-corrected chi connectivity index (χ1v) is 9.81. The molecule has 3 rings (SSSR count). The fourth-order valence-electron chi connectivity index (χ4n) is 4.05. The van der Waals surface area contributed by atoms with Crippen molar-refractivity contribution in [2.24, 2.45) is 16.3 Å². The van der Waals surface area contributed by atoms with Crippen LogP contribution in [0.4, 0.5) is 0 Å². The van der Waals surface area contributed by atoms with E-state index in [-0.39, 0.29) is 11.3 Å². The van der Waals surface area contributed by atoms with Crippen molar-refractivity contribution in [3.63, 3.8) is 0 Å². The molecular formula is C19H32N6O. The predicted molar refractivity (Wildman–Crippen MR) is 103 cm³/mol. The van der Waals surface area contributed by atoms with E-state index < -0.39 is 0 Å². The molecular weight excluding hydrogens is 328 g/mol. The Bertz CT molecular complexity index is 652. The minimum Gasteiger partial charge on any atom is -0.357 e. The van der Waals surface area contributed by atoms with Gasteiger partial charge in [0.1, 0.15) is 12.4 Å². The number of hydrogen-bond donors (Lipinski definition) is 2. The number of carbonyl (C=O) groups excluding carboxylic acids is 1. The molecule has 0 aromatic carbocycles. The van der Waals surface area contributed by atoms with Crippen LogP contribution in [0, 0.1) is 11.3 Å². The van der Waals surface area contributed by atoms with Crippen LogP contribution in [0.25, 0.3) is 0 Å². The van der Waals surface area contributed by atoms with Gasteiger partial charge in [0.2, 0.25) is 5.91 Å². The van der Waals surface area contributed by atoms with E-state index in [1.54, 1.807) is 0 Å². The lowest BCUT2D eigenvalue weighted by molar-refractivity contribution is -0.119. The predicted octanol–water partition coefficient (Wildman–Crippen LogP) is 1.61. The first-order chi connectivity index (χ1) is 12.5. The SMILES string of the molecule is CCNC(=NCc1nccn1CC(C)C)N1CCCC2(CNC(=O)C2)C1. The highest BCUT2D eigenvalue weighted by molar-refractivity contribution is 5.81. The lowest BCUT2D eigenvalue weighted by Crippen LogP contribution is -2.51. The zero-order valence-corrected chi connectivity index (χ0v) is 16.3. The van der Waals surface area contributed by atoms with Gasteiger partial charge in [-0.2, -0.15) is 0 Å². The van der Waals surface area contributed by atoms with Crippen LogP contribution < -0.4 is 10.6 Å². The van der Waals surface area contributed by atoms with E-state index in [9.17, 15) is 4.79 Å². The van der Waals surface area contributed by atoms with Crippen LogP contribution in [-0.4, -0.2) is 52.5 Å². The molecule has 7 nitrogen and oxygen atoms in total. The van der Waals surface area contributed by atoms with Crippen molar-refractivity contribution in [2.75, 3.05) is 26.2 Å². The molecule has 0 bridgehead atoms. The summed E-state index contributed by atoms with van der Waals surface area (Å²) in [5.74, 6) is 2.70. The summed E-state index contributed by atoms with van der Waals surface area (Å²) in [5, 5.41) is 6.44. The van der Waals surface area contributed by atoms with E-state index in [0.717, 1.165) is 57.3 Å². The van der Waals surface area contributed by atoms with Gasteiger partial charge in [0.25, 0.3) is 0 Å². The van der Waals surface area contributed by atoms with Crippen LogP contribution in [0.1, 0.15) is 45.9 Å². The molecule has 1 spiro atoms. The molecule has 0 saturated carbocycles. The summed E-state index contributed by atoms with van der Waals surface area (Å²) in [6.45, 7) is 11.5. The van der Waals surface area contributed by atoms with Crippen molar-refractivity contribution < 1.29 is 4.79 Å². The summed E-state index contributed by atoms with van der Waals surface area (Å²) in [7, 11) is 0. The quantitative estimate of drug-likeness (QED) is 0.618. The third-order valence-corrected chi connectivity index (χ3v) is 5.23. The van der Waals surface area contributed by atoms with Gasteiger partial charge in [0.15, 0.2) is 5.96 Å². The fraction of sp³-hybridized carbons (Fsp3) is 0.737. The third-order valence-electron chi connectivity index (χ3n) is 5.23. The molecule has 2 saturated heterocycles. The number of amides is 1. The van der Waals surface area contributed by atoms with Gasteiger partial charge in [-0.05, 0) is 25.7 Å². The van der Waals surface area contributed by atoms with Crippen LogP contribution >= 0.6 is 0 Å². The molecule has 1 unspecified atom stereocenters. The molecule has 0 radical (unpaired) electrons. The second-order valence-electron chi connectivity index (χ2n) is 8.04. The molecule has 1 atom stereocenters. The van der Waals surface area contributed by atoms with E-state index >= 15 is 0 Å². The molecule has 0 aliphatic carbocycles. The summed E-state index contributed by atoms with van der Waals surface area (Å²) in [6.07, 6.45) is 6.73. The molecule has 1 amide bonds. The summed E-state index contributed by atoms with van der Waals surface area (Å²) in [4.78, 5) is 23.4. The smallest absolute Gasteiger partial charge is 0.220 e. The first-order valence-electron chi connectivity index (χ1n) is 9.81. The zero-order chi connectivity index (χ0) is 18.6. The maximum atomic E-state index is 11.7. The third kappa shape index (κ3) is 4.37. The van der Waals surface area contributed by atoms with Gasteiger partial charge in [-0.25, -0.2) is 9.98 Å². The largest absolute Gasteiger partial charge is 0.357 e. The molecule has 1 aromatic heterocycles. The monoisotopic (exact) mass is 360 g/mol. The normalized spacial score (nSPS) is 23.8. The van der Waals surface area contributed by atoms with Crippen molar-refractivity contribution in [1.29, 1.82) is 0 Å². The first kappa shape index (κ1) is 18.7. The summed E-state index contributed by atoms with van der Waals surface area (Å²) >= 11 is 0. The number of piperidine rings is 1. The van der Waals surface area contributed by atoms with Crippen LogP contribution in [0.5, 0.6) is 0 Å². The number of rotatable bonds is 5. The van der Waals surface area contributed by atoms with E-state index in [2.05, 4.69) is 45.9 Å². The Morgan fingerprint density at radius 1 is 1.50 bits per heavy atom. The highest BCUT2D eigenvalue weighted by atomic mass is 16.1. The lowest BCUT2D eigenvalue weighted by atomic mass is 9.79. The summed E-state index contributed by atoms with van der Waals surface area (Å²) in [6, 6.07) is 0. The molecule has 2 aliphatic rings. The maximum Gasteiger partial charge on any atom is 0.220 e. The van der Waals surface area contributed by atoms with Crippen molar-refractivity contribution in [2.45, 2.75) is 53.1 Å². The Labute approximate surface area is 156 Å². The number of likely N-dealkylation sites (tertiary alicyclic amines) is 1. The van der Waals surface area contributed by atoms with Crippen LogP contribution in [-0.2, 0) is 17.9 Å². The number of nitrogens with zero attached hydrogens (tertiary/aromatic N) is 4. The maximum absolute atomic E-state index is 11.7. The average Bonchev–Trinajstić information content (AvgIpc) is 3.18. The van der Waals surface area contributed by atoms with Gasteiger partial charge in [-0.1, -0.05) is 13.8 Å². The van der Waals surface area contributed by atoms with Crippen molar-refractivity contribution in [3.8, 4) is 0 Å². The Balaban J connectivity index is 1.71. The Kier molecular flexibility index (Phi) is 5.84. The van der Waals surface area contributed by atoms with Gasteiger partial charge in [0, 0.05) is 57.0 Å². The minimum absolute atomic E-state index is 0.0711. The molecule has 2 N–H and O–H groups in total. The zero-order valence-electron chi connectivity index (χ0n) is 16.3. The average molecular weight is 361 g/mol. The van der Waals surface area contributed by atoms with E-state index in [0.29, 0.717) is 18.9 Å². The number of imidazole rings is 1. The summed E-state index contributed by atoms with van der Waals surface area (Å²) < 4.78 is 2.19. The summed E-state index contributed by atoms with van der Waals surface area (Å²) in [5.41, 5.74) is 0.0711. The number of aromatic nitrogens is 2. The van der Waals surface area contributed by atoms with Crippen molar-refractivity contribution in [1.82, 2.24) is 25.1 Å². The van der Waals surface area contributed by atoms with Gasteiger partial charge in [-0.15, -0.1) is 0 Å². The van der Waals surface area contributed by atoms with Crippen molar-refractivity contribution in [3.05, 3.63) is 18.2 Å². The van der Waals surface area contributed by atoms with Gasteiger partial charge >= 0.3 is 0 Å². The number of aliphatic imine (C=N–C) groups is 1. The Morgan fingerprint density at radius 3 is 3.04 bits per heavy atom. The second-order valence-corrected chi connectivity index (χ2v) is 8.04. The number of guanidine groups is 1. The Morgan fingerprint density at radius 2 is 2.35 bits per heavy atom. The van der Waals surface area contributed by atoms with Crippen LogP contribution in [0.2, 0.25) is 0 Å². The van der Waals surface area contributed by atoms with Gasteiger partial charge in [0.05, 0.1) is 0 Å². The van der Waals surface area contributed by atoms with Crippen molar-refractivity contribution >= 4 is 11.9 Å². The molecule has 2 aliphatic heterocycles. The Hall–Kier alpha value is -2.05. The van der Waals surface area contributed by atoms with Gasteiger partial charge in [-0.3, -0.25) is 4.79 Å². The minimum atomic E-state index is 0.0711. The van der Waals surface area contributed by atoms with Crippen LogP contribution in [0.15, 0.2) is 17.4 Å². The topological polar surface area (TPSA) is 74.6 Å². The number of carbonyl (C=O) groups is 1. The van der Waals surface area contributed by atoms with Gasteiger partial charge < -0.3 is 20.1 Å². The fourth-order valence-corrected chi connectivity index (χ4v) is 4.05. The molecule has 26 heavy (non-hydrogen) atoms. The molecule has 144 valence electrons. The number of nitrogens with one attached hydrogen (secondary N) is 2. The highest BCUT2D eigenvalue weighted by Gasteiger charge is 2.42. The molecule has 1 aromatic rings. The lowest BCUT2D eigenvalue weighted by Gasteiger charge is -2.40. The van der Waals surface area contributed by atoms with Crippen LogP contribution in [0.3, 0.4) is 0 Å². The van der Waals surface area contributed by atoms with E-state index in [1.165, 1.54) is 0 Å². The standard InChI is InChI=1S/C19H32N6O/c1-4-20-18(22-11-16-21-7-9-24(16)12-15(2)3)25-8-5-6-19(14-25)10-17(26)23-13-19/h7,9,15H,4-6,8,10-14H2,1-3H3,(H,20,22)(H,23,26).